The summed E-state index contributed by atoms with van der Waals surface area (Å²) in [5.74, 6) is -2.36. The largest absolute Gasteiger partial charge is 0.480 e. The Morgan fingerprint density at radius 2 is 1.91 bits per heavy atom. The van der Waals surface area contributed by atoms with Crippen molar-refractivity contribution in [3.05, 3.63) is 69.1 Å². The Kier molecular flexibility index (Phi) is 6.34. The van der Waals surface area contributed by atoms with Gasteiger partial charge in [-0.1, -0.05) is 18.2 Å². The normalized spacial score (nSPS) is 24.1. The molecule has 13 heteroatoms. The number of nitrogens with zero attached hydrogens (tertiary/aromatic N) is 1. The summed E-state index contributed by atoms with van der Waals surface area (Å²) < 4.78 is 6.26. The summed E-state index contributed by atoms with van der Waals surface area (Å²) in [6.45, 7) is 0. The first-order valence-corrected chi connectivity index (χ1v) is 10.3. The molecule has 1 fully saturated rings. The fourth-order valence-corrected chi connectivity index (χ4v) is 3.99. The molecular weight excluding hydrogens is 450 g/mol. The van der Waals surface area contributed by atoms with Crippen LogP contribution in [0.1, 0.15) is 11.8 Å². The number of aliphatic carboxylic acids is 1. The number of carbonyl (C=O) groups excluding carboxylic acids is 1. The highest BCUT2D eigenvalue weighted by Gasteiger charge is 2.50. The zero-order valence-electron chi connectivity index (χ0n) is 17.6. The van der Waals surface area contributed by atoms with Crippen molar-refractivity contribution >= 4 is 22.8 Å². The van der Waals surface area contributed by atoms with Crippen molar-refractivity contribution in [1.82, 2.24) is 19.9 Å². The van der Waals surface area contributed by atoms with E-state index in [2.05, 4.69) is 10.3 Å². The molecule has 1 aromatic carbocycles. The highest BCUT2D eigenvalue weighted by Crippen LogP contribution is 2.30. The van der Waals surface area contributed by atoms with Gasteiger partial charge >= 0.3 is 11.7 Å². The summed E-state index contributed by atoms with van der Waals surface area (Å²) in [6.07, 6.45) is -3.74. The van der Waals surface area contributed by atoms with Crippen LogP contribution >= 0.6 is 0 Å². The van der Waals surface area contributed by atoms with E-state index in [4.69, 9.17) is 10.5 Å². The van der Waals surface area contributed by atoms with Crippen molar-refractivity contribution in [2.45, 2.75) is 43.0 Å². The number of nitrogens with one attached hydrogen (secondary N) is 3. The smallest absolute Gasteiger partial charge is 0.330 e. The molecule has 0 saturated carbocycles. The first kappa shape index (κ1) is 23.4. The third kappa shape index (κ3) is 4.36. The number of para-hydroxylation sites is 1. The molecule has 1 aliphatic heterocycles. The zero-order valence-corrected chi connectivity index (χ0v) is 17.6. The molecule has 6 atom stereocenters. The minimum absolute atomic E-state index is 0.105. The molecule has 0 unspecified atom stereocenters. The van der Waals surface area contributed by atoms with E-state index >= 15 is 0 Å². The zero-order chi connectivity index (χ0) is 24.6. The average Bonchev–Trinajstić information content (AvgIpc) is 3.33. The van der Waals surface area contributed by atoms with Gasteiger partial charge in [-0.3, -0.25) is 19.1 Å². The van der Waals surface area contributed by atoms with Crippen LogP contribution in [0, 0.1) is 0 Å². The molecule has 1 saturated heterocycles. The molecule has 4 rings (SSSR count). The molecule has 0 bridgehead atoms. The quantitative estimate of drug-likeness (QED) is 0.198. The van der Waals surface area contributed by atoms with Crippen LogP contribution in [-0.4, -0.2) is 72.1 Å². The lowest BCUT2D eigenvalue weighted by Gasteiger charge is -2.24. The number of H-pyrrole nitrogens is 2. The van der Waals surface area contributed by atoms with Crippen LogP contribution in [0.4, 0.5) is 0 Å². The maximum Gasteiger partial charge on any atom is 0.330 e. The minimum Gasteiger partial charge on any atom is -0.480 e. The first-order chi connectivity index (χ1) is 16.2. The maximum absolute atomic E-state index is 12.7. The molecule has 2 aromatic heterocycles. The van der Waals surface area contributed by atoms with Gasteiger partial charge in [-0.15, -0.1) is 0 Å². The monoisotopic (exact) mass is 473 g/mol. The van der Waals surface area contributed by atoms with Crippen molar-refractivity contribution in [2.24, 2.45) is 5.73 Å². The highest BCUT2D eigenvalue weighted by molar-refractivity contribution is 5.89. The summed E-state index contributed by atoms with van der Waals surface area (Å²) in [7, 11) is 0. The van der Waals surface area contributed by atoms with Gasteiger partial charge in [0.2, 0.25) is 5.91 Å². The van der Waals surface area contributed by atoms with Gasteiger partial charge in [0.25, 0.3) is 5.56 Å². The number of aromatic amines is 2. The molecule has 0 spiro atoms. The molecular formula is C21H23N5O8. The number of amides is 1. The lowest BCUT2D eigenvalue weighted by molar-refractivity contribution is -0.149. The Morgan fingerprint density at radius 3 is 2.62 bits per heavy atom. The maximum atomic E-state index is 12.7. The first-order valence-electron chi connectivity index (χ1n) is 10.3. The van der Waals surface area contributed by atoms with Crippen molar-refractivity contribution < 1.29 is 29.6 Å². The Bertz CT molecular complexity index is 1330. The lowest BCUT2D eigenvalue weighted by atomic mass is 10.0. The van der Waals surface area contributed by atoms with E-state index in [0.717, 1.165) is 33.3 Å². The predicted molar refractivity (Wildman–Crippen MR) is 117 cm³/mol. The summed E-state index contributed by atoms with van der Waals surface area (Å²) >= 11 is 0. The number of hydrogen-bond donors (Lipinski definition) is 7. The molecule has 3 aromatic rings. The summed E-state index contributed by atoms with van der Waals surface area (Å²) in [4.78, 5) is 52.9. The van der Waals surface area contributed by atoms with Gasteiger partial charge in [0.15, 0.2) is 12.3 Å². The molecule has 8 N–H and O–H groups in total. The number of carboxylic acids is 1. The standard InChI is InChI=1S/C21H23N5O8/c22-11(7-9-8-23-12-4-2-1-3-10(9)12)18(30)25-14(20(31)32)17-15(28)16(29)19(34-17)26-6-5-13(27)24-21(26)33/h1-6,8,11,14-17,19,23,28-29H,7,22H2,(H,25,30)(H,31,32)(H,24,27,33)/t11-,14+,15+,16-,17-,19-/m1/s1. The van der Waals surface area contributed by atoms with Gasteiger partial charge in [0, 0.05) is 29.4 Å². The molecule has 34 heavy (non-hydrogen) atoms. The second kappa shape index (κ2) is 9.23. The van der Waals surface area contributed by atoms with Gasteiger partial charge in [-0.05, 0) is 18.1 Å². The molecule has 0 aliphatic carbocycles. The summed E-state index contributed by atoms with van der Waals surface area (Å²) in [5, 5.41) is 33.6. The van der Waals surface area contributed by atoms with Gasteiger partial charge in [0.1, 0.15) is 18.3 Å². The fraction of sp³-hybridized carbons (Fsp3) is 0.333. The number of fused-ring (bicyclic) bond motifs is 1. The van der Waals surface area contributed by atoms with Gasteiger partial charge in [-0.25, -0.2) is 9.59 Å². The van der Waals surface area contributed by atoms with Crippen LogP contribution in [0.15, 0.2) is 52.3 Å². The Labute approximate surface area is 190 Å². The second-order valence-electron chi connectivity index (χ2n) is 7.98. The van der Waals surface area contributed by atoms with Gasteiger partial charge in [-0.2, -0.15) is 0 Å². The van der Waals surface area contributed by atoms with Crippen LogP contribution in [0.2, 0.25) is 0 Å². The number of carbonyl (C=O) groups is 2. The number of aliphatic hydroxyl groups excluding tert-OH is 2. The topological polar surface area (TPSA) is 213 Å². The number of ether oxygens (including phenoxy) is 1. The van der Waals surface area contributed by atoms with Crippen LogP contribution in [0.3, 0.4) is 0 Å². The van der Waals surface area contributed by atoms with Crippen molar-refractivity contribution in [3.8, 4) is 0 Å². The summed E-state index contributed by atoms with van der Waals surface area (Å²) in [6, 6.07) is 5.49. The Balaban J connectivity index is 1.50. The third-order valence-corrected chi connectivity index (χ3v) is 5.74. The number of carboxylic acid groups (broad SMARTS) is 1. The molecule has 0 radical (unpaired) electrons. The second-order valence-corrected chi connectivity index (χ2v) is 7.98. The van der Waals surface area contributed by atoms with Gasteiger partial charge in [0.05, 0.1) is 6.04 Å². The summed E-state index contributed by atoms with van der Waals surface area (Å²) in [5.41, 5.74) is 6.01. The van der Waals surface area contributed by atoms with E-state index in [1.807, 2.05) is 29.2 Å². The van der Waals surface area contributed by atoms with Crippen molar-refractivity contribution in [3.63, 3.8) is 0 Å². The fourth-order valence-electron chi connectivity index (χ4n) is 3.99. The van der Waals surface area contributed by atoms with Crippen LogP contribution in [0.25, 0.3) is 10.9 Å². The van der Waals surface area contributed by atoms with Crippen LogP contribution in [-0.2, 0) is 20.7 Å². The highest BCUT2D eigenvalue weighted by atomic mass is 16.6. The number of nitrogens with two attached hydrogens (primary N) is 1. The lowest BCUT2D eigenvalue weighted by Crippen LogP contribution is -2.56. The Hall–Kier alpha value is -3.78. The van der Waals surface area contributed by atoms with Crippen LogP contribution in [0.5, 0.6) is 0 Å². The molecule has 1 aliphatic rings. The number of benzene rings is 1. The van der Waals surface area contributed by atoms with Crippen LogP contribution < -0.4 is 22.3 Å². The molecule has 3 heterocycles. The Morgan fingerprint density at radius 1 is 1.18 bits per heavy atom. The SMILES string of the molecule is N[C@H](Cc1c[nH]c2ccccc12)C(=O)N[C@H](C(=O)O)[C@H]1O[C@@H](n2ccc(=O)[nH]c2=O)[C@H](O)[C@@H]1O. The van der Waals surface area contributed by atoms with Crippen molar-refractivity contribution in [2.75, 3.05) is 0 Å². The number of hydrogen-bond acceptors (Lipinski definition) is 8. The average molecular weight is 473 g/mol. The van der Waals surface area contributed by atoms with E-state index in [1.165, 1.54) is 0 Å². The molecule has 180 valence electrons. The minimum atomic E-state index is -1.78. The van der Waals surface area contributed by atoms with E-state index < -0.39 is 59.7 Å². The van der Waals surface area contributed by atoms with E-state index in [-0.39, 0.29) is 6.42 Å². The van der Waals surface area contributed by atoms with E-state index in [0.29, 0.717) is 0 Å². The molecule has 13 nitrogen and oxygen atoms in total. The van der Waals surface area contributed by atoms with Gasteiger partial charge < -0.3 is 36.1 Å². The van der Waals surface area contributed by atoms with Crippen molar-refractivity contribution in [1.29, 1.82) is 0 Å². The number of aromatic nitrogens is 3. The third-order valence-electron chi connectivity index (χ3n) is 5.74. The number of aliphatic hydroxyl groups is 2. The predicted octanol–water partition coefficient (Wildman–Crippen LogP) is -2.22. The van der Waals surface area contributed by atoms with E-state index in [1.54, 1.807) is 6.20 Å². The molecule has 1 amide bonds. The number of rotatable bonds is 7. The van der Waals surface area contributed by atoms with E-state index in [9.17, 15) is 34.5 Å².